The number of piperidine rings is 1. The van der Waals surface area contributed by atoms with Crippen LogP contribution in [0.25, 0.3) is 0 Å². The molecule has 2 heterocycles. The Hall–Kier alpha value is -2.18. The average molecular weight is 333 g/mol. The number of nitrogens with zero attached hydrogens (tertiary/aromatic N) is 3. The number of amides is 1. The van der Waals surface area contributed by atoms with Crippen molar-refractivity contribution in [2.75, 3.05) is 13.7 Å². The van der Waals surface area contributed by atoms with Gasteiger partial charge in [-0.05, 0) is 31.6 Å². The molecule has 1 aromatic heterocycles. The standard InChI is InChI=1S/C17H23N3O4/c1-24-17(23)13-9-15(21)19(11-18-13)10-16(22)20-8-4-6-12-5-2-3-7-14(12)20/h9,11-12,14H,2-8,10H2,1H3/t12-,14+/m0/s1. The first kappa shape index (κ1) is 16.7. The van der Waals surface area contributed by atoms with Crippen LogP contribution in [0, 0.1) is 5.92 Å². The molecule has 2 aliphatic rings. The molecule has 0 unspecified atom stereocenters. The van der Waals surface area contributed by atoms with Crippen LogP contribution >= 0.6 is 0 Å². The molecule has 1 saturated heterocycles. The molecule has 0 bridgehead atoms. The fraction of sp³-hybridized carbons (Fsp3) is 0.647. The highest BCUT2D eigenvalue weighted by atomic mass is 16.5. The van der Waals surface area contributed by atoms with Crippen molar-refractivity contribution in [3.05, 3.63) is 28.4 Å². The normalized spacial score (nSPS) is 23.5. The van der Waals surface area contributed by atoms with Gasteiger partial charge in [-0.3, -0.25) is 14.2 Å². The number of esters is 1. The van der Waals surface area contributed by atoms with E-state index in [1.54, 1.807) is 0 Å². The lowest BCUT2D eigenvalue weighted by Crippen LogP contribution is -2.51. The largest absolute Gasteiger partial charge is 0.464 e. The van der Waals surface area contributed by atoms with E-state index in [-0.39, 0.29) is 18.1 Å². The number of hydrogen-bond donors (Lipinski definition) is 0. The molecule has 2 atom stereocenters. The van der Waals surface area contributed by atoms with Gasteiger partial charge in [0.05, 0.1) is 13.4 Å². The predicted molar refractivity (Wildman–Crippen MR) is 86.5 cm³/mol. The second-order valence-electron chi connectivity index (χ2n) is 6.57. The van der Waals surface area contributed by atoms with Crippen LogP contribution in [-0.4, -0.2) is 46.0 Å². The van der Waals surface area contributed by atoms with Gasteiger partial charge in [-0.15, -0.1) is 0 Å². The number of rotatable bonds is 3. The summed E-state index contributed by atoms with van der Waals surface area (Å²) in [6.45, 7) is 0.735. The molecule has 7 heteroatoms. The number of carbonyl (C=O) groups excluding carboxylic acids is 2. The average Bonchev–Trinajstić information content (AvgIpc) is 2.62. The lowest BCUT2D eigenvalue weighted by Gasteiger charge is -2.44. The van der Waals surface area contributed by atoms with E-state index in [1.807, 2.05) is 4.90 Å². The van der Waals surface area contributed by atoms with E-state index in [9.17, 15) is 14.4 Å². The third-order valence-electron chi connectivity index (χ3n) is 5.14. The maximum absolute atomic E-state index is 12.7. The smallest absolute Gasteiger partial charge is 0.356 e. The van der Waals surface area contributed by atoms with Crippen molar-refractivity contribution in [3.63, 3.8) is 0 Å². The summed E-state index contributed by atoms with van der Waals surface area (Å²) in [4.78, 5) is 42.1. The Morgan fingerprint density at radius 3 is 2.75 bits per heavy atom. The topological polar surface area (TPSA) is 81.5 Å². The molecule has 1 saturated carbocycles. The van der Waals surface area contributed by atoms with Crippen molar-refractivity contribution in [3.8, 4) is 0 Å². The molecule has 1 aliphatic carbocycles. The van der Waals surface area contributed by atoms with Crippen LogP contribution in [0.5, 0.6) is 0 Å². The zero-order valence-electron chi connectivity index (χ0n) is 13.9. The van der Waals surface area contributed by atoms with Gasteiger partial charge in [0.2, 0.25) is 5.91 Å². The van der Waals surface area contributed by atoms with Gasteiger partial charge in [-0.25, -0.2) is 9.78 Å². The summed E-state index contributed by atoms with van der Waals surface area (Å²) in [5.41, 5.74) is -0.465. The summed E-state index contributed by atoms with van der Waals surface area (Å²) in [5.74, 6) is -0.0963. The number of hydrogen-bond acceptors (Lipinski definition) is 5. The Bertz CT molecular complexity index is 683. The van der Waals surface area contributed by atoms with E-state index < -0.39 is 11.5 Å². The summed E-state index contributed by atoms with van der Waals surface area (Å²) >= 11 is 0. The molecule has 0 N–H and O–H groups in total. The van der Waals surface area contributed by atoms with E-state index in [0.29, 0.717) is 12.0 Å². The Balaban J connectivity index is 1.72. The highest BCUT2D eigenvalue weighted by Gasteiger charge is 2.35. The maximum atomic E-state index is 12.7. The van der Waals surface area contributed by atoms with Gasteiger partial charge < -0.3 is 9.64 Å². The van der Waals surface area contributed by atoms with Gasteiger partial charge in [-0.1, -0.05) is 12.8 Å². The van der Waals surface area contributed by atoms with Crippen molar-refractivity contribution in [2.45, 2.75) is 51.1 Å². The summed E-state index contributed by atoms with van der Waals surface area (Å²) in [7, 11) is 1.23. The molecular formula is C17H23N3O4. The van der Waals surface area contributed by atoms with Crippen molar-refractivity contribution in [1.82, 2.24) is 14.5 Å². The maximum Gasteiger partial charge on any atom is 0.356 e. The number of likely N-dealkylation sites (tertiary alicyclic amines) is 1. The molecule has 0 aromatic carbocycles. The van der Waals surface area contributed by atoms with Crippen LogP contribution in [0.2, 0.25) is 0 Å². The van der Waals surface area contributed by atoms with Crippen LogP contribution in [0.3, 0.4) is 0 Å². The van der Waals surface area contributed by atoms with E-state index in [2.05, 4.69) is 9.72 Å². The third kappa shape index (κ3) is 3.34. The highest BCUT2D eigenvalue weighted by molar-refractivity contribution is 5.86. The predicted octanol–water partition coefficient (Wildman–Crippen LogP) is 1.21. The van der Waals surface area contributed by atoms with Gasteiger partial charge in [0, 0.05) is 18.7 Å². The van der Waals surface area contributed by atoms with Crippen LogP contribution in [0.15, 0.2) is 17.2 Å². The first-order valence-corrected chi connectivity index (χ1v) is 8.54. The van der Waals surface area contributed by atoms with Gasteiger partial charge in [0.25, 0.3) is 5.56 Å². The Morgan fingerprint density at radius 1 is 1.25 bits per heavy atom. The molecule has 0 radical (unpaired) electrons. The summed E-state index contributed by atoms with van der Waals surface area (Å²) in [5, 5.41) is 0. The van der Waals surface area contributed by atoms with E-state index in [1.165, 1.54) is 43.7 Å². The van der Waals surface area contributed by atoms with Crippen LogP contribution in [0.4, 0.5) is 0 Å². The van der Waals surface area contributed by atoms with Gasteiger partial charge in [0.1, 0.15) is 6.54 Å². The van der Waals surface area contributed by atoms with Gasteiger partial charge >= 0.3 is 5.97 Å². The highest BCUT2D eigenvalue weighted by Crippen LogP contribution is 2.35. The SMILES string of the molecule is COC(=O)c1cc(=O)n(CC(=O)N2CCC[C@@H]3CCCC[C@H]32)cn1. The molecule has 24 heavy (non-hydrogen) atoms. The van der Waals surface area contributed by atoms with Crippen LogP contribution < -0.4 is 5.56 Å². The third-order valence-corrected chi connectivity index (χ3v) is 5.14. The molecule has 0 spiro atoms. The van der Waals surface area contributed by atoms with E-state index in [4.69, 9.17) is 0 Å². The molecule has 1 amide bonds. The minimum Gasteiger partial charge on any atom is -0.464 e. The molecule has 7 nitrogen and oxygen atoms in total. The number of aromatic nitrogens is 2. The summed E-state index contributed by atoms with van der Waals surface area (Å²) < 4.78 is 5.79. The molecule has 2 fully saturated rings. The van der Waals surface area contributed by atoms with Crippen molar-refractivity contribution < 1.29 is 14.3 Å². The number of methoxy groups -OCH3 is 1. The summed E-state index contributed by atoms with van der Waals surface area (Å²) in [6, 6.07) is 1.43. The zero-order chi connectivity index (χ0) is 17.1. The van der Waals surface area contributed by atoms with E-state index in [0.717, 1.165) is 25.5 Å². The molecule has 1 aliphatic heterocycles. The fourth-order valence-corrected chi connectivity index (χ4v) is 3.93. The lowest BCUT2D eigenvalue weighted by atomic mass is 9.78. The van der Waals surface area contributed by atoms with Gasteiger partial charge in [-0.2, -0.15) is 0 Å². The monoisotopic (exact) mass is 333 g/mol. The molecule has 130 valence electrons. The lowest BCUT2D eigenvalue weighted by molar-refractivity contribution is -0.138. The summed E-state index contributed by atoms with van der Waals surface area (Å²) in [6.07, 6.45) is 8.15. The number of fused-ring (bicyclic) bond motifs is 1. The fourth-order valence-electron chi connectivity index (χ4n) is 3.93. The first-order valence-electron chi connectivity index (χ1n) is 8.54. The Kier molecular flexibility index (Phi) is 4.97. The quantitative estimate of drug-likeness (QED) is 0.777. The van der Waals surface area contributed by atoms with Crippen molar-refractivity contribution in [2.24, 2.45) is 5.92 Å². The van der Waals surface area contributed by atoms with Crippen LogP contribution in [0.1, 0.15) is 49.0 Å². The Labute approximate surface area is 140 Å². The van der Waals surface area contributed by atoms with Crippen LogP contribution in [-0.2, 0) is 16.1 Å². The number of carbonyl (C=O) groups is 2. The first-order chi connectivity index (χ1) is 11.6. The van der Waals surface area contributed by atoms with Crippen molar-refractivity contribution >= 4 is 11.9 Å². The second-order valence-corrected chi connectivity index (χ2v) is 6.57. The molecular weight excluding hydrogens is 310 g/mol. The zero-order valence-corrected chi connectivity index (χ0v) is 13.9. The molecule has 3 rings (SSSR count). The minimum atomic E-state index is -0.661. The van der Waals surface area contributed by atoms with Gasteiger partial charge in [0.15, 0.2) is 5.69 Å². The second kappa shape index (κ2) is 7.15. The number of ether oxygens (including phenoxy) is 1. The van der Waals surface area contributed by atoms with E-state index >= 15 is 0 Å². The van der Waals surface area contributed by atoms with Crippen molar-refractivity contribution in [1.29, 1.82) is 0 Å². The Morgan fingerprint density at radius 2 is 2.00 bits per heavy atom. The molecule has 1 aromatic rings. The minimum absolute atomic E-state index is 0.0312.